The summed E-state index contributed by atoms with van der Waals surface area (Å²) < 4.78 is 14.1. The summed E-state index contributed by atoms with van der Waals surface area (Å²) in [5.74, 6) is 0.746. The van der Waals surface area contributed by atoms with Crippen molar-refractivity contribution in [3.8, 4) is 11.3 Å². The average Bonchev–Trinajstić information content (AvgIpc) is 2.82. The zero-order chi connectivity index (χ0) is 24.5. The molecule has 1 saturated heterocycles. The summed E-state index contributed by atoms with van der Waals surface area (Å²) in [6.45, 7) is 7.17. The fraction of sp³-hybridized carbons (Fsp3) is 0.357. The van der Waals surface area contributed by atoms with Crippen molar-refractivity contribution in [2.75, 3.05) is 39.5 Å². The van der Waals surface area contributed by atoms with E-state index in [2.05, 4.69) is 59.5 Å². The highest BCUT2D eigenvalue weighted by Crippen LogP contribution is 2.29. The van der Waals surface area contributed by atoms with Gasteiger partial charge in [-0.3, -0.25) is 4.99 Å². The van der Waals surface area contributed by atoms with Gasteiger partial charge in [-0.15, -0.1) is 0 Å². The molecule has 1 fully saturated rings. The number of hydrogen-bond acceptors (Lipinski definition) is 5. The lowest BCUT2D eigenvalue weighted by Gasteiger charge is -2.28. The van der Waals surface area contributed by atoms with Crippen molar-refractivity contribution in [2.45, 2.75) is 32.0 Å². The lowest BCUT2D eigenvalue weighted by Crippen LogP contribution is -2.44. The third-order valence-corrected chi connectivity index (χ3v) is 5.65. The predicted molar refractivity (Wildman–Crippen MR) is 144 cm³/mol. The van der Waals surface area contributed by atoms with Crippen LogP contribution in [0.25, 0.3) is 22.4 Å². The lowest BCUT2D eigenvalue weighted by atomic mass is 10.00. The molecule has 34 heavy (non-hydrogen) atoms. The van der Waals surface area contributed by atoms with E-state index in [1.54, 1.807) is 7.05 Å². The summed E-state index contributed by atoms with van der Waals surface area (Å²) in [7, 11) is 5.75. The van der Waals surface area contributed by atoms with Crippen LogP contribution in [0.4, 0.5) is 10.2 Å². The Morgan fingerprint density at radius 2 is 2.09 bits per heavy atom. The van der Waals surface area contributed by atoms with Gasteiger partial charge >= 0.3 is 0 Å². The molecule has 6 heteroatoms. The zero-order valence-electron chi connectivity index (χ0n) is 20.7. The van der Waals surface area contributed by atoms with E-state index in [1.165, 1.54) is 0 Å². The molecular formula is C28H36FN5. The SMILES string of the molecule is C=C/C(=C\N(C)C)c1cccc(-c2ccc(C(/C=N\C)=C/CC)c(N[C@@H]3CNC[C@@H](F)C3)n2)c1. The number of nitrogens with one attached hydrogen (secondary N) is 2. The minimum atomic E-state index is -0.863. The van der Waals surface area contributed by atoms with Gasteiger partial charge < -0.3 is 15.5 Å². The van der Waals surface area contributed by atoms with Crippen LogP contribution in [0.3, 0.4) is 0 Å². The smallest absolute Gasteiger partial charge is 0.134 e. The van der Waals surface area contributed by atoms with Gasteiger partial charge in [0.15, 0.2) is 0 Å². The lowest BCUT2D eigenvalue weighted by molar-refractivity contribution is 0.255. The average molecular weight is 462 g/mol. The molecule has 0 unspecified atom stereocenters. The van der Waals surface area contributed by atoms with E-state index >= 15 is 0 Å². The van der Waals surface area contributed by atoms with Crippen LogP contribution in [0, 0.1) is 0 Å². The second kappa shape index (κ2) is 12.3. The van der Waals surface area contributed by atoms with Crippen molar-refractivity contribution < 1.29 is 4.39 Å². The number of anilines is 1. The maximum Gasteiger partial charge on any atom is 0.134 e. The molecule has 1 aliphatic rings. The van der Waals surface area contributed by atoms with E-state index in [0.29, 0.717) is 19.5 Å². The van der Waals surface area contributed by atoms with Crippen LogP contribution in [-0.2, 0) is 0 Å². The van der Waals surface area contributed by atoms with Crippen molar-refractivity contribution in [3.63, 3.8) is 0 Å². The second-order valence-corrected chi connectivity index (χ2v) is 8.71. The molecule has 0 aliphatic carbocycles. The molecule has 1 aromatic heterocycles. The second-order valence-electron chi connectivity index (χ2n) is 8.71. The van der Waals surface area contributed by atoms with E-state index in [4.69, 9.17) is 4.98 Å². The number of piperidine rings is 1. The van der Waals surface area contributed by atoms with E-state index in [0.717, 1.165) is 45.8 Å². The number of rotatable bonds is 9. The summed E-state index contributed by atoms with van der Waals surface area (Å²) in [6, 6.07) is 12.4. The Bertz CT molecular complexity index is 1070. The summed E-state index contributed by atoms with van der Waals surface area (Å²) >= 11 is 0. The largest absolute Gasteiger partial charge is 0.383 e. The molecule has 0 saturated carbocycles. The Balaban J connectivity index is 2.05. The molecule has 2 N–H and O–H groups in total. The van der Waals surface area contributed by atoms with Crippen molar-refractivity contribution in [3.05, 3.63) is 72.5 Å². The summed E-state index contributed by atoms with van der Waals surface area (Å²) in [4.78, 5) is 11.3. The number of benzene rings is 1. The van der Waals surface area contributed by atoms with Gasteiger partial charge in [-0.1, -0.05) is 43.9 Å². The molecule has 0 radical (unpaired) electrons. The zero-order valence-corrected chi connectivity index (χ0v) is 20.7. The molecule has 2 heterocycles. The molecule has 180 valence electrons. The first-order valence-electron chi connectivity index (χ1n) is 11.8. The highest BCUT2D eigenvalue weighted by Gasteiger charge is 2.23. The fourth-order valence-electron chi connectivity index (χ4n) is 4.13. The number of halogens is 1. The van der Waals surface area contributed by atoms with Gasteiger partial charge in [0.1, 0.15) is 12.0 Å². The van der Waals surface area contributed by atoms with Gasteiger partial charge in [0.25, 0.3) is 0 Å². The third kappa shape index (κ3) is 6.64. The van der Waals surface area contributed by atoms with Crippen LogP contribution in [-0.4, -0.2) is 62.5 Å². The van der Waals surface area contributed by atoms with E-state index in [9.17, 15) is 4.39 Å². The number of hydrogen-bond donors (Lipinski definition) is 2. The Labute approximate surface area is 203 Å². The molecule has 0 bridgehead atoms. The number of alkyl halides is 1. The standard InChI is InChI=1S/C28H36FN5/c1-6-9-23(16-30-3)26-12-13-27(33-28(26)32-25-15-24(29)17-31-18-25)22-11-8-10-21(14-22)20(7-2)19-34(4)5/h7-14,16,19,24-25,31H,2,6,15,17-18H2,1,3-5H3,(H,32,33)/b20-19+,23-9+,30-16-/t24-,25-/m0/s1. The van der Waals surface area contributed by atoms with Crippen molar-refractivity contribution in [2.24, 2.45) is 4.99 Å². The van der Waals surface area contributed by atoms with Crippen molar-refractivity contribution >= 4 is 23.2 Å². The number of aliphatic imine (C=N–C) groups is 1. The number of allylic oxidation sites excluding steroid dienone is 4. The van der Waals surface area contributed by atoms with Crippen LogP contribution < -0.4 is 10.6 Å². The monoisotopic (exact) mass is 461 g/mol. The van der Waals surface area contributed by atoms with E-state index in [1.807, 2.05) is 49.6 Å². The Morgan fingerprint density at radius 1 is 1.26 bits per heavy atom. The fourth-order valence-corrected chi connectivity index (χ4v) is 4.13. The molecule has 2 atom stereocenters. The van der Waals surface area contributed by atoms with Crippen molar-refractivity contribution in [1.82, 2.24) is 15.2 Å². The van der Waals surface area contributed by atoms with Crippen LogP contribution in [0.2, 0.25) is 0 Å². The Kier molecular flexibility index (Phi) is 9.16. The molecule has 5 nitrogen and oxygen atoms in total. The predicted octanol–water partition coefficient (Wildman–Crippen LogP) is 5.44. The van der Waals surface area contributed by atoms with Crippen LogP contribution in [0.5, 0.6) is 0 Å². The molecule has 1 aromatic carbocycles. The Morgan fingerprint density at radius 3 is 2.76 bits per heavy atom. The molecular weight excluding hydrogens is 425 g/mol. The molecule has 3 rings (SSSR count). The minimum absolute atomic E-state index is 0.0339. The first-order valence-corrected chi connectivity index (χ1v) is 11.8. The van der Waals surface area contributed by atoms with Gasteiger partial charge in [0.05, 0.1) is 5.69 Å². The highest BCUT2D eigenvalue weighted by molar-refractivity contribution is 6.11. The summed E-state index contributed by atoms with van der Waals surface area (Å²) in [6.07, 6.45) is 8.37. The third-order valence-electron chi connectivity index (χ3n) is 5.65. The maximum absolute atomic E-state index is 14.1. The van der Waals surface area contributed by atoms with Gasteiger partial charge in [-0.05, 0) is 41.3 Å². The normalized spacial score (nSPS) is 19.3. The number of pyridine rings is 1. The highest BCUT2D eigenvalue weighted by atomic mass is 19.1. The minimum Gasteiger partial charge on any atom is -0.383 e. The number of aromatic nitrogens is 1. The Hall–Kier alpha value is -3.25. The first kappa shape index (κ1) is 25.4. The van der Waals surface area contributed by atoms with Crippen LogP contribution in [0.1, 0.15) is 30.9 Å². The molecule has 2 aromatic rings. The van der Waals surface area contributed by atoms with Crippen molar-refractivity contribution in [1.29, 1.82) is 0 Å². The van der Waals surface area contributed by atoms with E-state index in [-0.39, 0.29) is 6.04 Å². The summed E-state index contributed by atoms with van der Waals surface area (Å²) in [5, 5.41) is 6.68. The summed E-state index contributed by atoms with van der Waals surface area (Å²) in [5.41, 5.74) is 5.94. The van der Waals surface area contributed by atoms with Gasteiger partial charge in [0.2, 0.25) is 0 Å². The van der Waals surface area contributed by atoms with Gasteiger partial charge in [-0.25, -0.2) is 9.37 Å². The molecule has 0 spiro atoms. The topological polar surface area (TPSA) is 52.5 Å². The quantitative estimate of drug-likeness (QED) is 0.386. The van der Waals surface area contributed by atoms with Gasteiger partial charge in [-0.2, -0.15) is 0 Å². The molecule has 0 amide bonds. The molecule has 1 aliphatic heterocycles. The van der Waals surface area contributed by atoms with Gasteiger partial charge in [0, 0.05) is 70.2 Å². The van der Waals surface area contributed by atoms with E-state index < -0.39 is 6.17 Å². The van der Waals surface area contributed by atoms with Crippen LogP contribution in [0.15, 0.2) is 66.3 Å². The van der Waals surface area contributed by atoms with Crippen LogP contribution >= 0.6 is 0 Å². The first-order chi connectivity index (χ1) is 16.4. The number of nitrogens with zero attached hydrogens (tertiary/aromatic N) is 3. The maximum atomic E-state index is 14.1.